The first-order chi connectivity index (χ1) is 14.9. The summed E-state index contributed by atoms with van der Waals surface area (Å²) in [6.45, 7) is 1.92. The third-order valence-electron chi connectivity index (χ3n) is 5.17. The molecule has 0 saturated carbocycles. The van der Waals surface area contributed by atoms with E-state index in [0.717, 1.165) is 43.9 Å². The summed E-state index contributed by atoms with van der Waals surface area (Å²) in [4.78, 5) is 1.47. The van der Waals surface area contributed by atoms with Crippen LogP contribution in [0.3, 0.4) is 0 Å². The molecule has 0 aliphatic carbocycles. The van der Waals surface area contributed by atoms with E-state index in [2.05, 4.69) is 19.8 Å². The van der Waals surface area contributed by atoms with Crippen LogP contribution in [-0.4, -0.2) is 31.7 Å². The number of aromatic nitrogens is 2. The van der Waals surface area contributed by atoms with E-state index in [1.807, 2.05) is 12.1 Å². The predicted molar refractivity (Wildman–Crippen MR) is 115 cm³/mol. The summed E-state index contributed by atoms with van der Waals surface area (Å²) in [5.41, 5.74) is 1.44. The van der Waals surface area contributed by atoms with Crippen molar-refractivity contribution in [3.05, 3.63) is 66.2 Å². The minimum Gasteiger partial charge on any atom is -0.355 e. The highest BCUT2D eigenvalue weighted by Gasteiger charge is 2.20. The lowest BCUT2D eigenvalue weighted by Crippen LogP contribution is -2.25. The standard InChI is InChI=1S/C22H22F2N4O2S/c23-17-8-9-19(24)21(15-17)31(29,30)27-18-7-5-6-16(14-18)20-10-11-22(26-25-20)28-12-3-1-2-4-13-28/h5-11,14-15,27H,1-4,12-13H2. The van der Waals surface area contributed by atoms with Gasteiger partial charge in [0.1, 0.15) is 16.5 Å². The second kappa shape index (κ2) is 8.97. The first-order valence-corrected chi connectivity index (χ1v) is 11.6. The van der Waals surface area contributed by atoms with Crippen LogP contribution in [0, 0.1) is 11.6 Å². The van der Waals surface area contributed by atoms with Gasteiger partial charge in [-0.1, -0.05) is 25.0 Å². The van der Waals surface area contributed by atoms with E-state index < -0.39 is 26.6 Å². The number of hydrogen-bond donors (Lipinski definition) is 1. The predicted octanol–water partition coefficient (Wildman–Crippen LogP) is 4.60. The van der Waals surface area contributed by atoms with Crippen molar-refractivity contribution in [2.45, 2.75) is 30.6 Å². The summed E-state index contributed by atoms with van der Waals surface area (Å²) >= 11 is 0. The molecular weight excluding hydrogens is 422 g/mol. The molecule has 1 aliphatic heterocycles. The minimum absolute atomic E-state index is 0.208. The van der Waals surface area contributed by atoms with Gasteiger partial charge in [-0.25, -0.2) is 17.2 Å². The fourth-order valence-corrected chi connectivity index (χ4v) is 4.72. The fraction of sp³-hybridized carbons (Fsp3) is 0.273. The van der Waals surface area contributed by atoms with Gasteiger partial charge in [0, 0.05) is 24.3 Å². The molecule has 0 amide bonds. The highest BCUT2D eigenvalue weighted by atomic mass is 32.2. The highest BCUT2D eigenvalue weighted by Crippen LogP contribution is 2.25. The molecule has 0 atom stereocenters. The maximum absolute atomic E-state index is 13.9. The van der Waals surface area contributed by atoms with Crippen LogP contribution in [0.2, 0.25) is 0 Å². The first kappa shape index (κ1) is 21.2. The van der Waals surface area contributed by atoms with Gasteiger partial charge in [0.15, 0.2) is 5.82 Å². The summed E-state index contributed by atoms with van der Waals surface area (Å²) in [7, 11) is -4.30. The number of nitrogens with zero attached hydrogens (tertiary/aromatic N) is 3. The molecule has 2 heterocycles. The average Bonchev–Trinajstić information content (AvgIpc) is 3.05. The molecule has 1 N–H and O–H groups in total. The van der Waals surface area contributed by atoms with Crippen LogP contribution in [-0.2, 0) is 10.0 Å². The maximum Gasteiger partial charge on any atom is 0.264 e. The van der Waals surface area contributed by atoms with Crippen LogP contribution in [0.1, 0.15) is 25.7 Å². The van der Waals surface area contributed by atoms with E-state index in [0.29, 0.717) is 17.3 Å². The van der Waals surface area contributed by atoms with Crippen LogP contribution < -0.4 is 9.62 Å². The molecule has 162 valence electrons. The van der Waals surface area contributed by atoms with Crippen molar-refractivity contribution in [3.8, 4) is 11.3 Å². The van der Waals surface area contributed by atoms with Gasteiger partial charge in [0.25, 0.3) is 10.0 Å². The van der Waals surface area contributed by atoms with Gasteiger partial charge in [0.2, 0.25) is 0 Å². The summed E-state index contributed by atoms with van der Waals surface area (Å²) in [5.74, 6) is -1.04. The van der Waals surface area contributed by atoms with E-state index in [1.165, 1.54) is 18.9 Å². The van der Waals surface area contributed by atoms with E-state index in [4.69, 9.17) is 0 Å². The Labute approximate surface area is 180 Å². The van der Waals surface area contributed by atoms with Gasteiger partial charge in [-0.2, -0.15) is 0 Å². The zero-order valence-electron chi connectivity index (χ0n) is 16.8. The van der Waals surface area contributed by atoms with E-state index in [9.17, 15) is 17.2 Å². The molecule has 1 fully saturated rings. The van der Waals surface area contributed by atoms with Gasteiger partial charge in [0.05, 0.1) is 5.69 Å². The van der Waals surface area contributed by atoms with Gasteiger partial charge in [-0.05, 0) is 55.3 Å². The van der Waals surface area contributed by atoms with Crippen LogP contribution in [0.5, 0.6) is 0 Å². The third kappa shape index (κ3) is 4.99. The smallest absolute Gasteiger partial charge is 0.264 e. The SMILES string of the molecule is O=S(=O)(Nc1cccc(-c2ccc(N3CCCCCC3)nn2)c1)c1cc(F)ccc1F. The Balaban J connectivity index is 1.55. The van der Waals surface area contributed by atoms with Crippen LogP contribution in [0.15, 0.2) is 59.5 Å². The summed E-state index contributed by atoms with van der Waals surface area (Å²) < 4.78 is 54.7. The number of benzene rings is 2. The van der Waals surface area contributed by atoms with Gasteiger partial charge >= 0.3 is 0 Å². The second-order valence-electron chi connectivity index (χ2n) is 7.44. The largest absolute Gasteiger partial charge is 0.355 e. The Morgan fingerprint density at radius 1 is 0.871 bits per heavy atom. The zero-order valence-corrected chi connectivity index (χ0v) is 17.6. The van der Waals surface area contributed by atoms with Crippen molar-refractivity contribution in [3.63, 3.8) is 0 Å². The highest BCUT2D eigenvalue weighted by molar-refractivity contribution is 7.92. The molecule has 2 aromatic carbocycles. The topological polar surface area (TPSA) is 75.2 Å². The Hall–Kier alpha value is -3.07. The van der Waals surface area contributed by atoms with Crippen molar-refractivity contribution in [2.24, 2.45) is 0 Å². The molecule has 0 spiro atoms. The minimum atomic E-state index is -4.30. The molecule has 1 aromatic heterocycles. The Morgan fingerprint density at radius 3 is 2.35 bits per heavy atom. The van der Waals surface area contributed by atoms with E-state index >= 15 is 0 Å². The van der Waals surface area contributed by atoms with Gasteiger partial charge in [-0.15, -0.1) is 10.2 Å². The third-order valence-corrected chi connectivity index (χ3v) is 6.57. The molecular formula is C22H22F2N4O2S. The summed E-state index contributed by atoms with van der Waals surface area (Å²) in [6.07, 6.45) is 4.73. The fourth-order valence-electron chi connectivity index (χ4n) is 3.58. The lowest BCUT2D eigenvalue weighted by atomic mass is 10.1. The summed E-state index contributed by atoms with van der Waals surface area (Å²) in [5, 5.41) is 8.64. The quantitative estimate of drug-likeness (QED) is 0.622. The van der Waals surface area contributed by atoms with Crippen LogP contribution >= 0.6 is 0 Å². The van der Waals surface area contributed by atoms with Crippen molar-refractivity contribution < 1.29 is 17.2 Å². The van der Waals surface area contributed by atoms with Gasteiger partial charge < -0.3 is 4.90 Å². The summed E-state index contributed by atoms with van der Waals surface area (Å²) in [6, 6.07) is 12.6. The van der Waals surface area contributed by atoms with Crippen molar-refractivity contribution in [2.75, 3.05) is 22.7 Å². The molecule has 31 heavy (non-hydrogen) atoms. The van der Waals surface area contributed by atoms with Crippen LogP contribution in [0.25, 0.3) is 11.3 Å². The maximum atomic E-state index is 13.9. The second-order valence-corrected chi connectivity index (χ2v) is 9.09. The lowest BCUT2D eigenvalue weighted by molar-refractivity contribution is 0.555. The van der Waals surface area contributed by atoms with Crippen molar-refractivity contribution in [1.29, 1.82) is 0 Å². The van der Waals surface area contributed by atoms with E-state index in [1.54, 1.807) is 18.2 Å². The number of nitrogens with one attached hydrogen (secondary N) is 1. The molecule has 6 nitrogen and oxygen atoms in total. The van der Waals surface area contributed by atoms with Crippen molar-refractivity contribution in [1.82, 2.24) is 10.2 Å². The Morgan fingerprint density at radius 2 is 1.65 bits per heavy atom. The molecule has 4 rings (SSSR count). The first-order valence-electron chi connectivity index (χ1n) is 10.1. The zero-order chi connectivity index (χ0) is 21.8. The molecule has 1 saturated heterocycles. The Bertz CT molecular complexity index is 1160. The Kier molecular flexibility index (Phi) is 6.13. The van der Waals surface area contributed by atoms with Crippen LogP contribution in [0.4, 0.5) is 20.3 Å². The number of sulfonamides is 1. The van der Waals surface area contributed by atoms with E-state index in [-0.39, 0.29) is 5.69 Å². The normalized spacial score (nSPS) is 14.8. The molecule has 9 heteroatoms. The number of anilines is 2. The molecule has 0 bridgehead atoms. The molecule has 0 unspecified atom stereocenters. The van der Waals surface area contributed by atoms with Gasteiger partial charge in [-0.3, -0.25) is 4.72 Å². The number of halogens is 2. The molecule has 0 radical (unpaired) electrons. The molecule has 3 aromatic rings. The number of rotatable bonds is 5. The monoisotopic (exact) mass is 444 g/mol. The lowest BCUT2D eigenvalue weighted by Gasteiger charge is -2.20. The van der Waals surface area contributed by atoms with Crippen molar-refractivity contribution >= 4 is 21.5 Å². The average molecular weight is 445 g/mol. The molecule has 1 aliphatic rings. The number of hydrogen-bond acceptors (Lipinski definition) is 5.